The van der Waals surface area contributed by atoms with E-state index >= 15 is 0 Å². The summed E-state index contributed by atoms with van der Waals surface area (Å²) in [6.07, 6.45) is -5.01. The van der Waals surface area contributed by atoms with Crippen molar-refractivity contribution in [3.8, 4) is 0 Å². The minimum atomic E-state index is -5.01. The summed E-state index contributed by atoms with van der Waals surface area (Å²) in [5, 5.41) is 2.00. The molecule has 1 N–H and O–H groups in total. The van der Waals surface area contributed by atoms with Gasteiger partial charge >= 0.3 is 18.2 Å². The SMILES string of the molecule is CCOC(=O)C1=C2Sc3ccccc3N2C(=O)NC1(c1ccc(C)cc1)C(F)(F)F. The van der Waals surface area contributed by atoms with E-state index in [0.717, 1.165) is 22.2 Å². The number of benzene rings is 2. The lowest BCUT2D eigenvalue weighted by Gasteiger charge is -2.43. The van der Waals surface area contributed by atoms with Gasteiger partial charge in [-0.25, -0.2) is 9.59 Å². The number of halogens is 3. The van der Waals surface area contributed by atoms with Gasteiger partial charge in [-0.15, -0.1) is 0 Å². The van der Waals surface area contributed by atoms with Gasteiger partial charge in [0.05, 0.1) is 12.3 Å². The lowest BCUT2D eigenvalue weighted by molar-refractivity contribution is -0.190. The Morgan fingerprint density at radius 2 is 1.83 bits per heavy atom. The van der Waals surface area contributed by atoms with Crippen LogP contribution in [0.3, 0.4) is 0 Å². The second kappa shape index (κ2) is 7.09. The number of nitrogens with one attached hydrogen (secondary N) is 1. The van der Waals surface area contributed by atoms with Crippen molar-refractivity contribution in [3.05, 3.63) is 70.3 Å². The van der Waals surface area contributed by atoms with Crippen molar-refractivity contribution in [1.82, 2.24) is 5.32 Å². The summed E-state index contributed by atoms with van der Waals surface area (Å²) in [6, 6.07) is 11.3. The number of fused-ring (bicyclic) bond motifs is 3. The fourth-order valence-corrected chi connectivity index (χ4v) is 4.86. The van der Waals surface area contributed by atoms with E-state index in [-0.39, 0.29) is 17.2 Å². The number of para-hydroxylation sites is 1. The van der Waals surface area contributed by atoms with Crippen LogP contribution in [0.2, 0.25) is 0 Å². The van der Waals surface area contributed by atoms with Crippen LogP contribution in [0.4, 0.5) is 23.7 Å². The zero-order valence-electron chi connectivity index (χ0n) is 16.0. The number of carbonyl (C=O) groups is 2. The summed E-state index contributed by atoms with van der Waals surface area (Å²) >= 11 is 0.946. The van der Waals surface area contributed by atoms with Crippen LogP contribution in [-0.2, 0) is 15.1 Å². The molecule has 1 atom stereocenters. The summed E-state index contributed by atoms with van der Waals surface area (Å²) in [7, 11) is 0. The number of urea groups is 1. The number of nitrogens with zero attached hydrogens (tertiary/aromatic N) is 1. The zero-order chi connectivity index (χ0) is 21.7. The summed E-state index contributed by atoms with van der Waals surface area (Å²) in [5.41, 5.74) is -2.79. The molecule has 5 nitrogen and oxygen atoms in total. The Labute approximate surface area is 174 Å². The van der Waals surface area contributed by atoms with Crippen LogP contribution < -0.4 is 10.2 Å². The molecule has 0 radical (unpaired) electrons. The molecular formula is C21H17F3N2O3S. The molecule has 2 heterocycles. The number of amides is 2. The normalized spacial score (nSPS) is 20.6. The van der Waals surface area contributed by atoms with E-state index in [1.807, 2.05) is 0 Å². The van der Waals surface area contributed by atoms with Gasteiger partial charge in [0.15, 0.2) is 5.54 Å². The standard InChI is InChI=1S/C21H17F3N2O3S/c1-3-29-18(27)16-17-26(14-6-4-5-7-15(14)30-17)19(28)25-20(16,21(22,23)24)13-10-8-12(2)9-11-13/h4-11H,3H2,1-2H3,(H,25,28). The van der Waals surface area contributed by atoms with Gasteiger partial charge in [0, 0.05) is 4.90 Å². The second-order valence-electron chi connectivity index (χ2n) is 6.85. The number of carbonyl (C=O) groups excluding carboxylic acids is 2. The van der Waals surface area contributed by atoms with Crippen LogP contribution in [0.15, 0.2) is 64.0 Å². The minimum Gasteiger partial charge on any atom is -0.462 e. The van der Waals surface area contributed by atoms with Gasteiger partial charge in [-0.05, 0) is 31.5 Å². The first-order valence-corrected chi connectivity index (χ1v) is 9.97. The molecule has 1 unspecified atom stereocenters. The number of hydrogen-bond acceptors (Lipinski definition) is 4. The van der Waals surface area contributed by atoms with Crippen LogP contribution in [0.25, 0.3) is 0 Å². The number of rotatable bonds is 3. The average molecular weight is 434 g/mol. The highest BCUT2D eigenvalue weighted by molar-refractivity contribution is 8.03. The molecule has 30 heavy (non-hydrogen) atoms. The Hall–Kier alpha value is -2.94. The molecular weight excluding hydrogens is 417 g/mol. The number of ether oxygens (including phenoxy) is 1. The monoisotopic (exact) mass is 434 g/mol. The molecule has 0 saturated heterocycles. The van der Waals surface area contributed by atoms with Gasteiger partial charge in [0.2, 0.25) is 0 Å². The van der Waals surface area contributed by atoms with E-state index in [2.05, 4.69) is 5.32 Å². The van der Waals surface area contributed by atoms with E-state index in [9.17, 15) is 22.8 Å². The molecule has 4 rings (SSSR count). The molecule has 0 aliphatic carbocycles. The zero-order valence-corrected chi connectivity index (χ0v) is 16.9. The molecule has 0 fully saturated rings. The van der Waals surface area contributed by atoms with Gasteiger partial charge in [0.25, 0.3) is 0 Å². The van der Waals surface area contributed by atoms with Crippen LogP contribution in [0.1, 0.15) is 18.1 Å². The van der Waals surface area contributed by atoms with E-state index in [1.54, 1.807) is 31.2 Å². The minimum absolute atomic E-state index is 0.101. The molecule has 2 amide bonds. The third kappa shape index (κ3) is 2.87. The Morgan fingerprint density at radius 3 is 2.47 bits per heavy atom. The number of esters is 1. The quantitative estimate of drug-likeness (QED) is 0.701. The van der Waals surface area contributed by atoms with Gasteiger partial charge in [0.1, 0.15) is 10.6 Å². The largest absolute Gasteiger partial charge is 0.462 e. The first kappa shape index (κ1) is 20.3. The number of anilines is 1. The van der Waals surface area contributed by atoms with Crippen molar-refractivity contribution in [1.29, 1.82) is 0 Å². The molecule has 156 valence electrons. The summed E-state index contributed by atoms with van der Waals surface area (Å²) in [5.74, 6) is -1.13. The highest BCUT2D eigenvalue weighted by atomic mass is 32.2. The lowest BCUT2D eigenvalue weighted by Crippen LogP contribution is -2.64. The molecule has 9 heteroatoms. The average Bonchev–Trinajstić information content (AvgIpc) is 3.07. The van der Waals surface area contributed by atoms with Crippen LogP contribution in [-0.4, -0.2) is 24.8 Å². The summed E-state index contributed by atoms with van der Waals surface area (Å²) < 4.78 is 49.2. The molecule has 2 aromatic carbocycles. The first-order valence-electron chi connectivity index (χ1n) is 9.15. The predicted octanol–water partition coefficient (Wildman–Crippen LogP) is 4.86. The second-order valence-corrected chi connectivity index (χ2v) is 7.88. The first-order chi connectivity index (χ1) is 14.2. The molecule has 0 spiro atoms. The number of alkyl halides is 3. The maximum atomic E-state index is 14.7. The Kier molecular flexibility index (Phi) is 4.80. The van der Waals surface area contributed by atoms with E-state index in [1.165, 1.54) is 31.2 Å². The predicted molar refractivity (Wildman–Crippen MR) is 106 cm³/mol. The fourth-order valence-electron chi connectivity index (χ4n) is 3.63. The Balaban J connectivity index is 2.05. The van der Waals surface area contributed by atoms with Gasteiger partial charge in [-0.2, -0.15) is 13.2 Å². The maximum Gasteiger partial charge on any atom is 0.420 e. The van der Waals surface area contributed by atoms with E-state index < -0.39 is 29.3 Å². The third-order valence-electron chi connectivity index (χ3n) is 4.99. The Morgan fingerprint density at radius 1 is 1.17 bits per heavy atom. The molecule has 0 bridgehead atoms. The van der Waals surface area contributed by atoms with Crippen molar-refractivity contribution in [2.45, 2.75) is 30.5 Å². The fraction of sp³-hybridized carbons (Fsp3) is 0.238. The lowest BCUT2D eigenvalue weighted by atomic mass is 9.80. The van der Waals surface area contributed by atoms with Gasteiger partial charge < -0.3 is 10.1 Å². The van der Waals surface area contributed by atoms with Crippen molar-refractivity contribution >= 4 is 29.4 Å². The Bertz CT molecular complexity index is 1070. The molecule has 0 aromatic heterocycles. The maximum absolute atomic E-state index is 14.7. The van der Waals surface area contributed by atoms with Crippen LogP contribution in [0, 0.1) is 6.92 Å². The van der Waals surface area contributed by atoms with Crippen LogP contribution >= 0.6 is 11.8 Å². The summed E-state index contributed by atoms with van der Waals surface area (Å²) in [4.78, 5) is 27.6. The highest BCUT2D eigenvalue weighted by Gasteiger charge is 2.66. The number of hydrogen-bond donors (Lipinski definition) is 1. The van der Waals surface area contributed by atoms with Crippen molar-refractivity contribution < 1.29 is 27.5 Å². The summed E-state index contributed by atoms with van der Waals surface area (Å²) in [6.45, 7) is 3.14. The number of thioether (sulfide) groups is 1. The van der Waals surface area contributed by atoms with Crippen molar-refractivity contribution in [2.75, 3.05) is 11.5 Å². The van der Waals surface area contributed by atoms with E-state index in [4.69, 9.17) is 4.74 Å². The van der Waals surface area contributed by atoms with Crippen molar-refractivity contribution in [2.24, 2.45) is 0 Å². The molecule has 2 aliphatic heterocycles. The molecule has 2 aromatic rings. The smallest absolute Gasteiger partial charge is 0.420 e. The number of aryl methyl sites for hydroxylation is 1. The molecule has 0 saturated carbocycles. The molecule has 2 aliphatic rings. The topological polar surface area (TPSA) is 58.6 Å². The van der Waals surface area contributed by atoms with Crippen molar-refractivity contribution in [3.63, 3.8) is 0 Å². The van der Waals surface area contributed by atoms with Crippen LogP contribution in [0.5, 0.6) is 0 Å². The highest BCUT2D eigenvalue weighted by Crippen LogP contribution is 2.56. The van der Waals surface area contributed by atoms with Gasteiger partial charge in [-0.1, -0.05) is 53.7 Å². The third-order valence-corrected chi connectivity index (χ3v) is 6.14. The van der Waals surface area contributed by atoms with Gasteiger partial charge in [-0.3, -0.25) is 4.90 Å². The van der Waals surface area contributed by atoms with E-state index in [0.29, 0.717) is 10.6 Å².